The van der Waals surface area contributed by atoms with Gasteiger partial charge in [-0.25, -0.2) is 0 Å². The minimum atomic E-state index is -0.241. The summed E-state index contributed by atoms with van der Waals surface area (Å²) in [4.78, 5) is 13.6. The van der Waals surface area contributed by atoms with Crippen LogP contribution in [-0.2, 0) is 0 Å². The predicted octanol–water partition coefficient (Wildman–Crippen LogP) is 4.19. The SMILES string of the molecule is CCCCN(c1cccc(NCCC)c1[N+](=O)[O-])C1CC1. The van der Waals surface area contributed by atoms with E-state index in [-0.39, 0.29) is 10.6 Å². The van der Waals surface area contributed by atoms with Crippen molar-refractivity contribution in [2.24, 2.45) is 0 Å². The van der Waals surface area contributed by atoms with Crippen molar-refractivity contribution in [3.05, 3.63) is 28.3 Å². The van der Waals surface area contributed by atoms with Crippen molar-refractivity contribution in [1.29, 1.82) is 0 Å². The van der Waals surface area contributed by atoms with Crippen molar-refractivity contribution in [3.63, 3.8) is 0 Å². The van der Waals surface area contributed by atoms with Crippen LogP contribution in [0.25, 0.3) is 0 Å². The van der Waals surface area contributed by atoms with Crippen molar-refractivity contribution in [3.8, 4) is 0 Å². The Morgan fingerprint density at radius 3 is 2.67 bits per heavy atom. The van der Waals surface area contributed by atoms with Gasteiger partial charge in [0.2, 0.25) is 0 Å². The molecular formula is C16H25N3O2. The maximum absolute atomic E-state index is 11.6. The van der Waals surface area contributed by atoms with Crippen molar-refractivity contribution >= 4 is 17.1 Å². The molecule has 0 aliphatic heterocycles. The van der Waals surface area contributed by atoms with Gasteiger partial charge >= 0.3 is 5.69 Å². The standard InChI is InChI=1S/C16H25N3O2/c1-3-5-12-18(13-9-10-13)15-8-6-7-14(17-11-4-2)16(15)19(20)21/h6-8,13,17H,3-5,9-12H2,1-2H3. The number of unbranched alkanes of at least 4 members (excludes halogenated alkanes) is 1. The summed E-state index contributed by atoms with van der Waals surface area (Å²) in [5.74, 6) is 0. The molecule has 116 valence electrons. The smallest absolute Gasteiger partial charge is 0.315 e. The molecule has 1 saturated carbocycles. The summed E-state index contributed by atoms with van der Waals surface area (Å²) >= 11 is 0. The second-order valence-electron chi connectivity index (χ2n) is 5.64. The summed E-state index contributed by atoms with van der Waals surface area (Å²) in [7, 11) is 0. The average molecular weight is 291 g/mol. The van der Waals surface area contributed by atoms with E-state index >= 15 is 0 Å². The van der Waals surface area contributed by atoms with E-state index in [1.54, 1.807) is 0 Å². The first-order valence-electron chi connectivity index (χ1n) is 7.97. The Kier molecular flexibility index (Phi) is 5.42. The highest BCUT2D eigenvalue weighted by molar-refractivity contribution is 5.77. The minimum absolute atomic E-state index is 0.231. The number of hydrogen-bond acceptors (Lipinski definition) is 4. The molecule has 1 aromatic rings. The van der Waals surface area contributed by atoms with Gasteiger partial charge in [-0.05, 0) is 37.8 Å². The van der Waals surface area contributed by atoms with Gasteiger partial charge in [-0.15, -0.1) is 0 Å². The molecule has 0 aromatic heterocycles. The molecule has 0 saturated heterocycles. The van der Waals surface area contributed by atoms with Gasteiger partial charge in [-0.2, -0.15) is 0 Å². The first-order chi connectivity index (χ1) is 10.2. The molecule has 0 radical (unpaired) electrons. The van der Waals surface area contributed by atoms with E-state index in [0.29, 0.717) is 11.7 Å². The van der Waals surface area contributed by atoms with Gasteiger partial charge < -0.3 is 10.2 Å². The number of anilines is 2. The van der Waals surface area contributed by atoms with E-state index in [4.69, 9.17) is 0 Å². The molecular weight excluding hydrogens is 266 g/mol. The second-order valence-corrected chi connectivity index (χ2v) is 5.64. The van der Waals surface area contributed by atoms with Gasteiger partial charge in [-0.3, -0.25) is 10.1 Å². The molecule has 0 heterocycles. The lowest BCUT2D eigenvalue weighted by Crippen LogP contribution is -2.27. The maximum Gasteiger partial charge on any atom is 0.315 e. The molecule has 0 spiro atoms. The lowest BCUT2D eigenvalue weighted by atomic mass is 10.2. The van der Waals surface area contributed by atoms with E-state index in [1.165, 1.54) is 0 Å². The Morgan fingerprint density at radius 2 is 2.10 bits per heavy atom. The van der Waals surface area contributed by atoms with E-state index in [0.717, 1.165) is 50.9 Å². The van der Waals surface area contributed by atoms with Crippen LogP contribution in [0.5, 0.6) is 0 Å². The van der Waals surface area contributed by atoms with Crippen LogP contribution in [-0.4, -0.2) is 24.1 Å². The molecule has 0 amide bonds. The molecule has 0 bridgehead atoms. The Bertz CT molecular complexity index is 486. The molecule has 1 aliphatic rings. The van der Waals surface area contributed by atoms with Gasteiger partial charge in [0.25, 0.3) is 0 Å². The zero-order valence-electron chi connectivity index (χ0n) is 13.0. The third-order valence-corrected chi connectivity index (χ3v) is 3.81. The van der Waals surface area contributed by atoms with Crippen LogP contribution in [0.4, 0.5) is 17.1 Å². The van der Waals surface area contributed by atoms with Gasteiger partial charge in [0.15, 0.2) is 0 Å². The topological polar surface area (TPSA) is 58.4 Å². The maximum atomic E-state index is 11.6. The summed E-state index contributed by atoms with van der Waals surface area (Å²) < 4.78 is 0. The summed E-state index contributed by atoms with van der Waals surface area (Å²) in [6, 6.07) is 6.10. The zero-order valence-corrected chi connectivity index (χ0v) is 13.0. The summed E-state index contributed by atoms with van der Waals surface area (Å²) in [6.07, 6.45) is 5.41. The van der Waals surface area contributed by atoms with Crippen molar-refractivity contribution < 1.29 is 4.92 Å². The number of nitrogens with zero attached hydrogens (tertiary/aromatic N) is 2. The third kappa shape index (κ3) is 3.86. The van der Waals surface area contributed by atoms with Crippen LogP contribution >= 0.6 is 0 Å². The lowest BCUT2D eigenvalue weighted by Gasteiger charge is -2.25. The highest BCUT2D eigenvalue weighted by atomic mass is 16.6. The van der Waals surface area contributed by atoms with Crippen molar-refractivity contribution in [2.45, 2.75) is 52.0 Å². The van der Waals surface area contributed by atoms with Gasteiger partial charge in [-0.1, -0.05) is 26.3 Å². The Balaban J connectivity index is 2.33. The fourth-order valence-corrected chi connectivity index (χ4v) is 2.57. The van der Waals surface area contributed by atoms with Crippen LogP contribution in [0.2, 0.25) is 0 Å². The molecule has 1 aliphatic carbocycles. The third-order valence-electron chi connectivity index (χ3n) is 3.81. The van der Waals surface area contributed by atoms with Gasteiger partial charge in [0.1, 0.15) is 11.4 Å². The highest BCUT2D eigenvalue weighted by Crippen LogP contribution is 2.40. The molecule has 5 nitrogen and oxygen atoms in total. The molecule has 21 heavy (non-hydrogen) atoms. The normalized spacial score (nSPS) is 14.0. The zero-order chi connectivity index (χ0) is 15.2. The fourth-order valence-electron chi connectivity index (χ4n) is 2.57. The van der Waals surface area contributed by atoms with Crippen LogP contribution < -0.4 is 10.2 Å². The van der Waals surface area contributed by atoms with E-state index in [9.17, 15) is 10.1 Å². The molecule has 1 aromatic carbocycles. The number of nitro groups is 1. The molecule has 0 unspecified atom stereocenters. The number of benzene rings is 1. The highest BCUT2D eigenvalue weighted by Gasteiger charge is 2.33. The fraction of sp³-hybridized carbons (Fsp3) is 0.625. The summed E-state index contributed by atoms with van der Waals surface area (Å²) in [6.45, 7) is 5.86. The first-order valence-corrected chi connectivity index (χ1v) is 7.97. The van der Waals surface area contributed by atoms with Crippen LogP contribution in [0.3, 0.4) is 0 Å². The van der Waals surface area contributed by atoms with Gasteiger partial charge in [0.05, 0.1) is 4.92 Å². The van der Waals surface area contributed by atoms with Crippen LogP contribution in [0.15, 0.2) is 18.2 Å². The van der Waals surface area contributed by atoms with E-state index < -0.39 is 0 Å². The number of hydrogen-bond donors (Lipinski definition) is 1. The largest absolute Gasteiger partial charge is 0.379 e. The number of nitro benzene ring substituents is 1. The molecule has 5 heteroatoms. The van der Waals surface area contributed by atoms with Crippen molar-refractivity contribution in [1.82, 2.24) is 0 Å². The molecule has 1 N–H and O–H groups in total. The second kappa shape index (κ2) is 7.29. The van der Waals surface area contributed by atoms with E-state index in [2.05, 4.69) is 24.1 Å². The van der Waals surface area contributed by atoms with Gasteiger partial charge in [0, 0.05) is 19.1 Å². The Morgan fingerprint density at radius 1 is 1.33 bits per heavy atom. The molecule has 2 rings (SSSR count). The number of rotatable bonds is 9. The summed E-state index contributed by atoms with van der Waals surface area (Å²) in [5, 5.41) is 14.8. The average Bonchev–Trinajstić information content (AvgIpc) is 3.30. The Hall–Kier alpha value is -1.78. The number of nitrogens with one attached hydrogen (secondary N) is 1. The number of para-hydroxylation sites is 1. The van der Waals surface area contributed by atoms with Crippen LogP contribution in [0.1, 0.15) is 46.0 Å². The molecule has 1 fully saturated rings. The molecule has 0 atom stereocenters. The van der Waals surface area contributed by atoms with Crippen molar-refractivity contribution in [2.75, 3.05) is 23.3 Å². The summed E-state index contributed by atoms with van der Waals surface area (Å²) in [5.41, 5.74) is 1.65. The predicted molar refractivity (Wildman–Crippen MR) is 87.2 cm³/mol. The minimum Gasteiger partial charge on any atom is -0.379 e. The first kappa shape index (κ1) is 15.6. The monoisotopic (exact) mass is 291 g/mol. The Labute approximate surface area is 126 Å². The lowest BCUT2D eigenvalue weighted by molar-refractivity contribution is -0.383. The quantitative estimate of drug-likeness (QED) is 0.547. The van der Waals surface area contributed by atoms with Crippen LogP contribution in [0, 0.1) is 10.1 Å². The van der Waals surface area contributed by atoms with E-state index in [1.807, 2.05) is 18.2 Å².